The van der Waals surface area contributed by atoms with Gasteiger partial charge in [-0.1, -0.05) is 13.0 Å². The van der Waals surface area contributed by atoms with E-state index in [9.17, 15) is 9.59 Å². The van der Waals surface area contributed by atoms with Crippen molar-refractivity contribution >= 4 is 11.9 Å². The first-order valence-corrected chi connectivity index (χ1v) is 5.66. The second kappa shape index (κ2) is 7.06. The van der Waals surface area contributed by atoms with E-state index in [1.807, 2.05) is 20.8 Å². The molecule has 0 aliphatic heterocycles. The zero-order valence-corrected chi connectivity index (χ0v) is 10.8. The molecule has 0 unspecified atom stereocenters. The molecule has 1 amide bonds. The van der Waals surface area contributed by atoms with E-state index in [4.69, 9.17) is 5.11 Å². The Morgan fingerprint density at radius 2 is 2.00 bits per heavy atom. The van der Waals surface area contributed by atoms with Gasteiger partial charge in [-0.25, -0.2) is 0 Å². The van der Waals surface area contributed by atoms with E-state index in [1.54, 1.807) is 6.08 Å². The Bertz CT molecular complexity index is 287. The molecule has 0 spiro atoms. The predicted octanol–water partition coefficient (Wildman–Crippen LogP) is 0.864. The molecule has 0 saturated carbocycles. The molecule has 0 aromatic carbocycles. The Balaban J connectivity index is 4.30. The van der Waals surface area contributed by atoms with E-state index in [2.05, 4.69) is 11.9 Å². The average Bonchev–Trinajstić information content (AvgIpc) is 2.16. The lowest BCUT2D eigenvalue weighted by atomic mass is 10.0. The van der Waals surface area contributed by atoms with Crippen molar-refractivity contribution < 1.29 is 14.7 Å². The first-order valence-electron chi connectivity index (χ1n) is 5.66. The number of hydrogen-bond acceptors (Lipinski definition) is 3. The Morgan fingerprint density at radius 1 is 1.41 bits per heavy atom. The Kier molecular flexibility index (Phi) is 6.50. The summed E-state index contributed by atoms with van der Waals surface area (Å²) in [5.74, 6) is -1.12. The smallest absolute Gasteiger partial charge is 0.317 e. The van der Waals surface area contributed by atoms with Crippen molar-refractivity contribution in [2.75, 3.05) is 19.6 Å². The molecule has 0 aliphatic carbocycles. The third-order valence-corrected chi connectivity index (χ3v) is 2.48. The van der Waals surface area contributed by atoms with Gasteiger partial charge in [0.15, 0.2) is 0 Å². The molecule has 0 saturated heterocycles. The lowest BCUT2D eigenvalue weighted by Gasteiger charge is -2.26. The monoisotopic (exact) mass is 242 g/mol. The van der Waals surface area contributed by atoms with Gasteiger partial charge in [0.25, 0.3) is 0 Å². The number of aliphatic carboxylic acids is 1. The molecular weight excluding hydrogens is 220 g/mol. The van der Waals surface area contributed by atoms with Crippen molar-refractivity contribution in [1.29, 1.82) is 0 Å². The van der Waals surface area contributed by atoms with E-state index in [0.29, 0.717) is 6.54 Å². The topological polar surface area (TPSA) is 69.6 Å². The maximum absolute atomic E-state index is 11.7. The maximum Gasteiger partial charge on any atom is 0.317 e. The maximum atomic E-state index is 11.7. The van der Waals surface area contributed by atoms with Gasteiger partial charge < -0.3 is 10.4 Å². The van der Waals surface area contributed by atoms with Crippen LogP contribution in [0.25, 0.3) is 0 Å². The number of amides is 1. The van der Waals surface area contributed by atoms with Gasteiger partial charge in [0.2, 0.25) is 5.91 Å². The van der Waals surface area contributed by atoms with Crippen LogP contribution < -0.4 is 5.32 Å². The fraction of sp³-hybridized carbons (Fsp3) is 0.667. The van der Waals surface area contributed by atoms with Crippen molar-refractivity contribution in [3.63, 3.8) is 0 Å². The molecule has 0 bridgehead atoms. The zero-order valence-electron chi connectivity index (χ0n) is 10.8. The number of carbonyl (C=O) groups excluding carboxylic acids is 1. The molecule has 0 heterocycles. The number of nitrogens with one attached hydrogen (secondary N) is 1. The summed E-state index contributed by atoms with van der Waals surface area (Å²) in [6.07, 6.45) is 2.40. The normalized spacial score (nSPS) is 11.3. The van der Waals surface area contributed by atoms with E-state index < -0.39 is 5.97 Å². The van der Waals surface area contributed by atoms with Crippen molar-refractivity contribution in [3.05, 3.63) is 12.7 Å². The van der Waals surface area contributed by atoms with Crippen LogP contribution in [0.3, 0.4) is 0 Å². The number of carboxylic acid groups (broad SMARTS) is 1. The van der Waals surface area contributed by atoms with Crippen LogP contribution >= 0.6 is 0 Å². The van der Waals surface area contributed by atoms with Crippen LogP contribution in [0, 0.1) is 0 Å². The number of carboxylic acids is 1. The van der Waals surface area contributed by atoms with Gasteiger partial charge in [0.1, 0.15) is 0 Å². The van der Waals surface area contributed by atoms with Crippen molar-refractivity contribution in [2.24, 2.45) is 0 Å². The lowest BCUT2D eigenvalue weighted by molar-refractivity contribution is -0.138. The Morgan fingerprint density at radius 3 is 2.41 bits per heavy atom. The molecule has 0 aliphatic rings. The van der Waals surface area contributed by atoms with Crippen LogP contribution in [0.1, 0.15) is 27.2 Å². The van der Waals surface area contributed by atoms with Crippen LogP contribution in [0.5, 0.6) is 0 Å². The number of carbonyl (C=O) groups is 2. The molecule has 0 aromatic rings. The molecule has 0 atom stereocenters. The average molecular weight is 242 g/mol. The minimum absolute atomic E-state index is 0.0712. The van der Waals surface area contributed by atoms with Crippen molar-refractivity contribution in [3.8, 4) is 0 Å². The van der Waals surface area contributed by atoms with Gasteiger partial charge in [0, 0.05) is 12.1 Å². The molecule has 98 valence electrons. The summed E-state index contributed by atoms with van der Waals surface area (Å²) in [6.45, 7) is 9.68. The molecule has 5 nitrogen and oxygen atoms in total. The molecule has 5 heteroatoms. The minimum Gasteiger partial charge on any atom is -0.480 e. The van der Waals surface area contributed by atoms with Crippen molar-refractivity contribution in [1.82, 2.24) is 10.2 Å². The van der Waals surface area contributed by atoms with Gasteiger partial charge >= 0.3 is 5.97 Å². The van der Waals surface area contributed by atoms with Crippen LogP contribution in [0.4, 0.5) is 0 Å². The van der Waals surface area contributed by atoms with E-state index in [-0.39, 0.29) is 24.5 Å². The second-order valence-corrected chi connectivity index (χ2v) is 4.64. The molecule has 0 aromatic heterocycles. The number of nitrogens with zero attached hydrogens (tertiary/aromatic N) is 1. The summed E-state index contributed by atoms with van der Waals surface area (Å²) in [5.41, 5.74) is -0.264. The van der Waals surface area contributed by atoms with Gasteiger partial charge in [-0.2, -0.15) is 0 Å². The molecule has 2 N–H and O–H groups in total. The summed E-state index contributed by atoms with van der Waals surface area (Å²) in [5, 5.41) is 11.6. The van der Waals surface area contributed by atoms with Gasteiger partial charge in [-0.3, -0.25) is 14.5 Å². The third-order valence-electron chi connectivity index (χ3n) is 2.48. The lowest BCUT2D eigenvalue weighted by Crippen LogP contribution is -2.48. The fourth-order valence-electron chi connectivity index (χ4n) is 1.27. The Labute approximate surface area is 102 Å². The molecule has 17 heavy (non-hydrogen) atoms. The third kappa shape index (κ3) is 7.52. The number of hydrogen-bond donors (Lipinski definition) is 2. The quantitative estimate of drug-likeness (QED) is 0.619. The van der Waals surface area contributed by atoms with E-state index >= 15 is 0 Å². The molecule has 0 rings (SSSR count). The Hall–Kier alpha value is -1.36. The van der Waals surface area contributed by atoms with E-state index in [1.165, 1.54) is 4.90 Å². The summed E-state index contributed by atoms with van der Waals surface area (Å²) < 4.78 is 0. The largest absolute Gasteiger partial charge is 0.480 e. The summed E-state index contributed by atoms with van der Waals surface area (Å²) in [4.78, 5) is 23.8. The van der Waals surface area contributed by atoms with Crippen LogP contribution in [-0.4, -0.2) is 47.1 Å². The van der Waals surface area contributed by atoms with Gasteiger partial charge in [-0.15, -0.1) is 6.58 Å². The first kappa shape index (κ1) is 15.6. The van der Waals surface area contributed by atoms with Crippen molar-refractivity contribution in [2.45, 2.75) is 32.7 Å². The molecule has 0 fully saturated rings. The second-order valence-electron chi connectivity index (χ2n) is 4.64. The standard InChI is InChI=1S/C12H22N2O3/c1-5-7-14(9-11(16)17)8-10(15)13-12(3,4)6-2/h5H,1,6-9H2,2-4H3,(H,13,15)(H,16,17). The van der Waals surface area contributed by atoms with Crippen LogP contribution in [0.2, 0.25) is 0 Å². The highest BCUT2D eigenvalue weighted by Gasteiger charge is 2.20. The van der Waals surface area contributed by atoms with E-state index in [0.717, 1.165) is 6.42 Å². The van der Waals surface area contributed by atoms with Gasteiger partial charge in [-0.05, 0) is 20.3 Å². The minimum atomic E-state index is -0.950. The first-order chi connectivity index (χ1) is 7.80. The zero-order chi connectivity index (χ0) is 13.5. The van der Waals surface area contributed by atoms with Crippen LogP contribution in [0.15, 0.2) is 12.7 Å². The summed E-state index contributed by atoms with van der Waals surface area (Å²) in [6, 6.07) is 0. The summed E-state index contributed by atoms with van der Waals surface area (Å²) in [7, 11) is 0. The highest BCUT2D eigenvalue weighted by molar-refractivity contribution is 5.79. The SMILES string of the molecule is C=CCN(CC(=O)O)CC(=O)NC(C)(C)CC. The summed E-state index contributed by atoms with van der Waals surface area (Å²) >= 11 is 0. The highest BCUT2D eigenvalue weighted by atomic mass is 16.4. The van der Waals surface area contributed by atoms with Gasteiger partial charge in [0.05, 0.1) is 13.1 Å². The number of rotatable bonds is 8. The molecular formula is C12H22N2O3. The fourth-order valence-corrected chi connectivity index (χ4v) is 1.27. The van der Waals surface area contributed by atoms with Crippen LogP contribution in [-0.2, 0) is 9.59 Å². The highest BCUT2D eigenvalue weighted by Crippen LogP contribution is 2.06. The molecule has 0 radical (unpaired) electrons. The predicted molar refractivity (Wildman–Crippen MR) is 66.8 cm³/mol.